The molecule has 2 aromatic carbocycles. The monoisotopic (exact) mass is 379 g/mol. The number of carbonyl (C=O) groups excluding carboxylic acids is 1. The third-order valence-corrected chi connectivity index (χ3v) is 4.54. The zero-order chi connectivity index (χ0) is 18.4. The zero-order valence-corrected chi connectivity index (χ0v) is 15.4. The topological polar surface area (TPSA) is 75.5 Å². The lowest BCUT2D eigenvalue weighted by atomic mass is 10.2. The molecule has 0 aliphatic heterocycles. The minimum Gasteiger partial charge on any atom is -0.325 e. The number of nitrogens with one attached hydrogen (secondary N) is 1. The molecule has 2 aromatic rings. The van der Waals surface area contributed by atoms with Crippen molar-refractivity contribution in [1.29, 1.82) is 0 Å². The Morgan fingerprint density at radius 3 is 2.76 bits per heavy atom. The number of nitrogens with zero attached hydrogens (tertiary/aromatic N) is 2. The number of non-ortho nitro benzene ring substituents is 1. The lowest BCUT2D eigenvalue weighted by molar-refractivity contribution is -0.384. The molecular formula is C17H18ClN3O3S. The average Bonchev–Trinajstić information content (AvgIpc) is 2.56. The van der Waals surface area contributed by atoms with Crippen LogP contribution in [0.25, 0.3) is 0 Å². The number of halogens is 1. The Morgan fingerprint density at radius 1 is 1.32 bits per heavy atom. The molecule has 1 N–H and O–H groups in total. The zero-order valence-electron chi connectivity index (χ0n) is 13.9. The molecule has 0 saturated heterocycles. The van der Waals surface area contributed by atoms with Crippen LogP contribution in [0.3, 0.4) is 0 Å². The number of thioether (sulfide) groups is 1. The number of rotatable bonds is 7. The molecule has 0 atom stereocenters. The Kier molecular flexibility index (Phi) is 6.81. The summed E-state index contributed by atoms with van der Waals surface area (Å²) in [5.74, 6) is -0.165. The van der Waals surface area contributed by atoms with Crippen LogP contribution < -0.4 is 5.32 Å². The summed E-state index contributed by atoms with van der Waals surface area (Å²) in [6.45, 7) is 0.474. The highest BCUT2D eigenvalue weighted by atomic mass is 35.5. The van der Waals surface area contributed by atoms with Crippen molar-refractivity contribution in [2.75, 3.05) is 25.2 Å². The summed E-state index contributed by atoms with van der Waals surface area (Å²) in [6.07, 6.45) is 1.97. The van der Waals surface area contributed by atoms with E-state index in [0.717, 1.165) is 10.6 Å². The van der Waals surface area contributed by atoms with Crippen LogP contribution in [-0.4, -0.2) is 35.6 Å². The van der Waals surface area contributed by atoms with Crippen molar-refractivity contribution < 1.29 is 9.72 Å². The van der Waals surface area contributed by atoms with Gasteiger partial charge in [-0.3, -0.25) is 19.8 Å². The summed E-state index contributed by atoms with van der Waals surface area (Å²) >= 11 is 7.69. The van der Waals surface area contributed by atoms with Crippen LogP contribution in [-0.2, 0) is 11.3 Å². The van der Waals surface area contributed by atoms with Gasteiger partial charge in [0.05, 0.1) is 11.5 Å². The van der Waals surface area contributed by atoms with Crippen LogP contribution in [0, 0.1) is 10.1 Å². The minimum absolute atomic E-state index is 0.0221. The van der Waals surface area contributed by atoms with Gasteiger partial charge < -0.3 is 5.32 Å². The number of carbonyl (C=O) groups is 1. The van der Waals surface area contributed by atoms with E-state index in [1.165, 1.54) is 18.2 Å². The Morgan fingerprint density at radius 2 is 2.08 bits per heavy atom. The molecule has 25 heavy (non-hydrogen) atoms. The van der Waals surface area contributed by atoms with Crippen LogP contribution in [0.15, 0.2) is 47.4 Å². The molecule has 0 aliphatic carbocycles. The average molecular weight is 380 g/mol. The number of hydrogen-bond donors (Lipinski definition) is 1. The van der Waals surface area contributed by atoms with Crippen LogP contribution in [0.5, 0.6) is 0 Å². The van der Waals surface area contributed by atoms with Crippen LogP contribution in [0.1, 0.15) is 5.56 Å². The lowest BCUT2D eigenvalue weighted by Gasteiger charge is -2.17. The number of nitro groups is 1. The fourth-order valence-electron chi connectivity index (χ4n) is 2.29. The van der Waals surface area contributed by atoms with Crippen molar-refractivity contribution >= 4 is 40.6 Å². The summed E-state index contributed by atoms with van der Waals surface area (Å²) in [4.78, 5) is 25.4. The van der Waals surface area contributed by atoms with Crippen LogP contribution >= 0.6 is 23.4 Å². The van der Waals surface area contributed by atoms with Gasteiger partial charge in [-0.15, -0.1) is 11.8 Å². The van der Waals surface area contributed by atoms with Crippen molar-refractivity contribution in [3.05, 3.63) is 63.2 Å². The van der Waals surface area contributed by atoms with Gasteiger partial charge >= 0.3 is 0 Å². The van der Waals surface area contributed by atoms with Crippen molar-refractivity contribution in [2.45, 2.75) is 11.4 Å². The third kappa shape index (κ3) is 5.74. The number of likely N-dealkylation sites (N-methyl/N-ethyl adjacent to an activating group) is 1. The van der Waals surface area contributed by atoms with Crippen LogP contribution in [0.2, 0.25) is 5.02 Å². The van der Waals surface area contributed by atoms with Gasteiger partial charge in [0.25, 0.3) is 5.69 Å². The molecule has 0 spiro atoms. The molecule has 2 rings (SSSR count). The third-order valence-electron chi connectivity index (χ3n) is 3.45. The maximum Gasteiger partial charge on any atom is 0.269 e. The van der Waals surface area contributed by atoms with E-state index in [-0.39, 0.29) is 18.1 Å². The van der Waals surface area contributed by atoms with E-state index in [0.29, 0.717) is 17.1 Å². The van der Waals surface area contributed by atoms with Gasteiger partial charge in [-0.25, -0.2) is 0 Å². The molecule has 0 aliphatic rings. The fraction of sp³-hybridized carbons (Fsp3) is 0.235. The molecule has 8 heteroatoms. The molecule has 6 nitrogen and oxygen atoms in total. The Balaban J connectivity index is 1.97. The van der Waals surface area contributed by atoms with E-state index in [1.54, 1.807) is 23.7 Å². The second kappa shape index (κ2) is 8.84. The second-order valence-corrected chi connectivity index (χ2v) is 6.77. The Hall–Kier alpha value is -2.09. The Bertz CT molecular complexity index is 785. The summed E-state index contributed by atoms with van der Waals surface area (Å²) < 4.78 is 0. The summed E-state index contributed by atoms with van der Waals surface area (Å²) in [7, 11) is 1.76. The number of hydrogen-bond acceptors (Lipinski definition) is 5. The normalized spacial score (nSPS) is 10.7. The first-order valence-corrected chi connectivity index (χ1v) is 9.04. The highest BCUT2D eigenvalue weighted by Crippen LogP contribution is 2.23. The van der Waals surface area contributed by atoms with Crippen molar-refractivity contribution in [3.63, 3.8) is 0 Å². The van der Waals surface area contributed by atoms with Crippen molar-refractivity contribution in [3.8, 4) is 0 Å². The molecule has 0 radical (unpaired) electrons. The van der Waals surface area contributed by atoms with Gasteiger partial charge in [0.1, 0.15) is 0 Å². The van der Waals surface area contributed by atoms with Gasteiger partial charge in [0.15, 0.2) is 0 Å². The first-order valence-electron chi connectivity index (χ1n) is 7.44. The first-order chi connectivity index (χ1) is 11.9. The SMILES string of the molecule is CSc1cccc(NC(=O)CN(C)Cc2cc([N+](=O)[O-])ccc2Cl)c1. The van der Waals surface area contributed by atoms with Gasteiger partial charge in [-0.1, -0.05) is 17.7 Å². The van der Waals surface area contributed by atoms with E-state index in [4.69, 9.17) is 11.6 Å². The van der Waals surface area contributed by atoms with E-state index < -0.39 is 4.92 Å². The van der Waals surface area contributed by atoms with Gasteiger partial charge in [0, 0.05) is 34.3 Å². The van der Waals surface area contributed by atoms with Crippen molar-refractivity contribution in [2.24, 2.45) is 0 Å². The molecule has 0 unspecified atom stereocenters. The molecule has 0 fully saturated rings. The van der Waals surface area contributed by atoms with E-state index in [9.17, 15) is 14.9 Å². The second-order valence-electron chi connectivity index (χ2n) is 5.49. The predicted molar refractivity (Wildman–Crippen MR) is 101 cm³/mol. The summed E-state index contributed by atoms with van der Waals surface area (Å²) in [6, 6.07) is 11.9. The largest absolute Gasteiger partial charge is 0.325 e. The summed E-state index contributed by atoms with van der Waals surface area (Å²) in [5, 5.41) is 14.1. The molecule has 0 aromatic heterocycles. The maximum absolute atomic E-state index is 12.2. The minimum atomic E-state index is -0.467. The van der Waals surface area contributed by atoms with Gasteiger partial charge in [0.2, 0.25) is 5.91 Å². The molecule has 0 saturated carbocycles. The van der Waals surface area contributed by atoms with Gasteiger partial charge in [-0.05, 0) is 43.1 Å². The van der Waals surface area contributed by atoms with Crippen molar-refractivity contribution in [1.82, 2.24) is 4.90 Å². The lowest BCUT2D eigenvalue weighted by Crippen LogP contribution is -2.29. The molecule has 1 amide bonds. The number of anilines is 1. The quantitative estimate of drug-likeness (QED) is 0.446. The predicted octanol–water partition coefficient (Wildman–Crippen LogP) is 4.04. The number of amides is 1. The van der Waals surface area contributed by atoms with Gasteiger partial charge in [-0.2, -0.15) is 0 Å². The summed E-state index contributed by atoms with van der Waals surface area (Å²) in [5.41, 5.74) is 1.32. The first kappa shape index (κ1) is 19.2. The molecule has 0 bridgehead atoms. The van der Waals surface area contributed by atoms with E-state index >= 15 is 0 Å². The van der Waals surface area contributed by atoms with E-state index in [2.05, 4.69) is 5.32 Å². The Labute approximate surface area is 155 Å². The molecule has 132 valence electrons. The van der Waals surface area contributed by atoms with Crippen LogP contribution in [0.4, 0.5) is 11.4 Å². The standard InChI is InChI=1S/C17H18ClN3O3S/c1-20(10-12-8-14(21(23)24)6-7-16(12)18)11-17(22)19-13-4-3-5-15(9-13)25-2/h3-9H,10-11H2,1-2H3,(H,19,22). The fourth-order valence-corrected chi connectivity index (χ4v) is 2.93. The highest BCUT2D eigenvalue weighted by molar-refractivity contribution is 7.98. The molecule has 0 heterocycles. The molecular weight excluding hydrogens is 362 g/mol. The van der Waals surface area contributed by atoms with E-state index in [1.807, 2.05) is 30.5 Å². The smallest absolute Gasteiger partial charge is 0.269 e. The number of nitro benzene ring substituents is 1. The maximum atomic E-state index is 12.2. The highest BCUT2D eigenvalue weighted by Gasteiger charge is 2.13. The number of benzene rings is 2.